The summed E-state index contributed by atoms with van der Waals surface area (Å²) in [7, 11) is 0. The van der Waals surface area contributed by atoms with Crippen LogP contribution in [0.4, 0.5) is 0 Å². The van der Waals surface area contributed by atoms with E-state index in [4.69, 9.17) is 5.84 Å². The van der Waals surface area contributed by atoms with Crippen LogP contribution < -0.4 is 11.3 Å². The lowest BCUT2D eigenvalue weighted by Gasteiger charge is -2.07. The standard InChI is InChI=1S/C6H10N2.2C2H6/c7-8-6-4-2-1-3-5-6;2*1-2/h2-6,8H,1,7H2;2*1-2H3. The van der Waals surface area contributed by atoms with Crippen LogP contribution in [-0.4, -0.2) is 6.04 Å². The van der Waals surface area contributed by atoms with Crippen molar-refractivity contribution in [2.24, 2.45) is 5.84 Å². The molecule has 3 N–H and O–H groups in total. The first-order valence-electron chi connectivity index (χ1n) is 4.73. The molecule has 0 spiro atoms. The van der Waals surface area contributed by atoms with Gasteiger partial charge in [0.05, 0.1) is 6.04 Å². The Labute approximate surface area is 76.5 Å². The molecule has 0 aliphatic heterocycles. The molecule has 0 amide bonds. The fourth-order valence-electron chi connectivity index (χ4n) is 0.704. The average molecular weight is 170 g/mol. The van der Waals surface area contributed by atoms with E-state index in [1.54, 1.807) is 0 Å². The Hall–Kier alpha value is -0.600. The van der Waals surface area contributed by atoms with Gasteiger partial charge in [-0.05, 0) is 6.42 Å². The summed E-state index contributed by atoms with van der Waals surface area (Å²) in [5.74, 6) is 5.15. The first-order valence-corrected chi connectivity index (χ1v) is 4.73. The van der Waals surface area contributed by atoms with Crippen LogP contribution in [0.2, 0.25) is 0 Å². The Balaban J connectivity index is 0. The second-order valence-electron chi connectivity index (χ2n) is 1.78. The van der Waals surface area contributed by atoms with Gasteiger partial charge in [0.25, 0.3) is 0 Å². The predicted molar refractivity (Wildman–Crippen MR) is 56.7 cm³/mol. The normalized spacial score (nSPS) is 14.1. The second-order valence-corrected chi connectivity index (χ2v) is 1.78. The Morgan fingerprint density at radius 3 is 1.75 bits per heavy atom. The van der Waals surface area contributed by atoms with Gasteiger partial charge in [0.15, 0.2) is 0 Å². The first-order chi connectivity index (χ1) is 5.93. The third-order valence-corrected chi connectivity index (χ3v) is 1.15. The SMILES string of the molecule is CC.CC.NNC1C=CCC=C1. The van der Waals surface area contributed by atoms with Gasteiger partial charge in [-0.2, -0.15) is 0 Å². The van der Waals surface area contributed by atoms with Crippen LogP contribution in [0.15, 0.2) is 24.3 Å². The van der Waals surface area contributed by atoms with Crippen molar-refractivity contribution >= 4 is 0 Å². The highest BCUT2D eigenvalue weighted by atomic mass is 15.2. The summed E-state index contributed by atoms with van der Waals surface area (Å²) in [6, 6.07) is 0.253. The zero-order chi connectivity index (χ0) is 9.82. The van der Waals surface area contributed by atoms with Crippen molar-refractivity contribution in [1.29, 1.82) is 0 Å². The molecule has 0 bridgehead atoms. The maximum Gasteiger partial charge on any atom is 0.0571 e. The van der Waals surface area contributed by atoms with Gasteiger partial charge in [0, 0.05) is 0 Å². The lowest BCUT2D eigenvalue weighted by atomic mass is 10.1. The summed E-state index contributed by atoms with van der Waals surface area (Å²) in [5.41, 5.74) is 2.63. The highest BCUT2D eigenvalue weighted by molar-refractivity contribution is 5.12. The van der Waals surface area contributed by atoms with E-state index in [1.165, 1.54) is 0 Å². The van der Waals surface area contributed by atoms with Crippen LogP contribution in [-0.2, 0) is 0 Å². The minimum absolute atomic E-state index is 0.253. The predicted octanol–water partition coefficient (Wildman–Crippen LogP) is 2.39. The number of hydrogen-bond donors (Lipinski definition) is 2. The van der Waals surface area contributed by atoms with Crippen LogP contribution >= 0.6 is 0 Å². The molecule has 0 aromatic heterocycles. The molecular formula is C10H22N2. The van der Waals surface area contributed by atoms with E-state index >= 15 is 0 Å². The molecule has 0 unspecified atom stereocenters. The summed E-state index contributed by atoms with van der Waals surface area (Å²) < 4.78 is 0. The molecule has 0 saturated carbocycles. The van der Waals surface area contributed by atoms with Gasteiger partial charge in [0.1, 0.15) is 0 Å². The Morgan fingerprint density at radius 1 is 1.08 bits per heavy atom. The molecular weight excluding hydrogens is 148 g/mol. The summed E-state index contributed by atoms with van der Waals surface area (Å²) >= 11 is 0. The van der Waals surface area contributed by atoms with Crippen molar-refractivity contribution in [2.45, 2.75) is 40.2 Å². The van der Waals surface area contributed by atoms with E-state index in [0.29, 0.717) is 0 Å². The molecule has 1 aliphatic carbocycles. The van der Waals surface area contributed by atoms with Crippen LogP contribution in [0.3, 0.4) is 0 Å². The fourth-order valence-corrected chi connectivity index (χ4v) is 0.704. The third-order valence-electron chi connectivity index (χ3n) is 1.15. The molecule has 1 rings (SSSR count). The van der Waals surface area contributed by atoms with Gasteiger partial charge in [-0.1, -0.05) is 52.0 Å². The molecule has 0 aromatic carbocycles. The Kier molecular flexibility index (Phi) is 15.1. The van der Waals surface area contributed by atoms with Crippen molar-refractivity contribution < 1.29 is 0 Å². The molecule has 0 aromatic rings. The van der Waals surface area contributed by atoms with Crippen LogP contribution in [0.5, 0.6) is 0 Å². The van der Waals surface area contributed by atoms with Crippen molar-refractivity contribution in [2.75, 3.05) is 0 Å². The maximum absolute atomic E-state index is 5.15. The molecule has 0 fully saturated rings. The highest BCUT2D eigenvalue weighted by Crippen LogP contribution is 1.98. The average Bonchev–Trinajstić information content (AvgIpc) is 2.25. The molecule has 2 nitrogen and oxygen atoms in total. The summed E-state index contributed by atoms with van der Waals surface area (Å²) in [4.78, 5) is 0. The minimum Gasteiger partial charge on any atom is -0.271 e. The third kappa shape index (κ3) is 7.51. The van der Waals surface area contributed by atoms with Crippen LogP contribution in [0.1, 0.15) is 34.1 Å². The largest absolute Gasteiger partial charge is 0.271 e. The van der Waals surface area contributed by atoms with E-state index < -0.39 is 0 Å². The van der Waals surface area contributed by atoms with Crippen molar-refractivity contribution in [3.05, 3.63) is 24.3 Å². The van der Waals surface area contributed by atoms with Gasteiger partial charge < -0.3 is 0 Å². The van der Waals surface area contributed by atoms with E-state index in [-0.39, 0.29) is 6.04 Å². The topological polar surface area (TPSA) is 38.0 Å². The zero-order valence-electron chi connectivity index (χ0n) is 8.67. The Bertz CT molecular complexity index is 105. The molecule has 12 heavy (non-hydrogen) atoms. The number of hydrogen-bond acceptors (Lipinski definition) is 2. The quantitative estimate of drug-likeness (QED) is 0.360. The minimum atomic E-state index is 0.253. The molecule has 0 radical (unpaired) electrons. The lowest BCUT2D eigenvalue weighted by molar-refractivity contribution is 0.711. The van der Waals surface area contributed by atoms with Gasteiger partial charge in [-0.3, -0.25) is 5.84 Å². The number of allylic oxidation sites excluding steroid dienone is 2. The number of nitrogens with one attached hydrogen (secondary N) is 1. The molecule has 0 saturated heterocycles. The van der Waals surface area contributed by atoms with E-state index in [1.807, 2.05) is 39.8 Å². The fraction of sp³-hybridized carbons (Fsp3) is 0.600. The lowest BCUT2D eigenvalue weighted by Crippen LogP contribution is -2.32. The molecule has 2 heteroatoms. The first kappa shape index (κ1) is 14.0. The molecule has 72 valence electrons. The summed E-state index contributed by atoms with van der Waals surface area (Å²) in [5, 5.41) is 0. The van der Waals surface area contributed by atoms with Crippen molar-refractivity contribution in [3.63, 3.8) is 0 Å². The summed E-state index contributed by atoms with van der Waals surface area (Å²) in [6.07, 6.45) is 9.30. The van der Waals surface area contributed by atoms with Gasteiger partial charge in [-0.15, -0.1) is 0 Å². The highest BCUT2D eigenvalue weighted by Gasteiger charge is 1.95. The van der Waals surface area contributed by atoms with Crippen molar-refractivity contribution in [3.8, 4) is 0 Å². The monoisotopic (exact) mass is 170 g/mol. The Morgan fingerprint density at radius 2 is 1.50 bits per heavy atom. The summed E-state index contributed by atoms with van der Waals surface area (Å²) in [6.45, 7) is 8.00. The molecule has 0 heterocycles. The van der Waals surface area contributed by atoms with Crippen LogP contribution in [0.25, 0.3) is 0 Å². The van der Waals surface area contributed by atoms with Gasteiger partial charge in [-0.25, -0.2) is 5.43 Å². The second kappa shape index (κ2) is 13.0. The smallest absolute Gasteiger partial charge is 0.0571 e. The number of nitrogens with two attached hydrogens (primary N) is 1. The zero-order valence-corrected chi connectivity index (χ0v) is 8.67. The van der Waals surface area contributed by atoms with E-state index in [9.17, 15) is 0 Å². The number of hydrazine groups is 1. The van der Waals surface area contributed by atoms with E-state index in [0.717, 1.165) is 6.42 Å². The van der Waals surface area contributed by atoms with Gasteiger partial charge >= 0.3 is 0 Å². The molecule has 1 aliphatic rings. The molecule has 0 atom stereocenters. The van der Waals surface area contributed by atoms with E-state index in [2.05, 4.69) is 17.6 Å². The van der Waals surface area contributed by atoms with Gasteiger partial charge in [0.2, 0.25) is 0 Å². The number of rotatable bonds is 1. The van der Waals surface area contributed by atoms with Crippen molar-refractivity contribution in [1.82, 2.24) is 5.43 Å². The van der Waals surface area contributed by atoms with Crippen LogP contribution in [0, 0.1) is 0 Å². The maximum atomic E-state index is 5.15.